The fraction of sp³-hybridized carbons (Fsp3) is 0.238. The number of anilines is 1. The molecule has 1 saturated heterocycles. The van der Waals surface area contributed by atoms with Crippen molar-refractivity contribution >= 4 is 29.3 Å². The first kappa shape index (κ1) is 18.8. The van der Waals surface area contributed by atoms with Crippen LogP contribution in [0.4, 0.5) is 10.1 Å². The molecule has 1 fully saturated rings. The Hall–Kier alpha value is -3.55. The quantitative estimate of drug-likeness (QED) is 0.775. The highest BCUT2D eigenvalue weighted by atomic mass is 19.1. The van der Waals surface area contributed by atoms with Crippen molar-refractivity contribution in [2.45, 2.75) is 31.8 Å². The molecule has 2 aromatic rings. The molecule has 2 atom stereocenters. The molecule has 2 heterocycles. The molecule has 0 aromatic heterocycles. The Morgan fingerprint density at radius 1 is 1.07 bits per heavy atom. The average Bonchev–Trinajstić information content (AvgIpc) is 2.94. The number of fused-ring (bicyclic) bond motifs is 1. The van der Waals surface area contributed by atoms with Crippen LogP contribution < -0.4 is 10.6 Å². The van der Waals surface area contributed by atoms with Gasteiger partial charge in [-0.25, -0.2) is 4.39 Å². The number of piperidine rings is 1. The SMILES string of the molecule is C[C@H](Nc1cccc2c1C(=O)N(C1CCC(=O)NC1=O)C2=O)c1ccc(F)cc1. The summed E-state index contributed by atoms with van der Waals surface area (Å²) >= 11 is 0. The second kappa shape index (κ2) is 7.12. The summed E-state index contributed by atoms with van der Waals surface area (Å²) in [6, 6.07) is 9.57. The van der Waals surface area contributed by atoms with Crippen molar-refractivity contribution in [3.05, 3.63) is 65.0 Å². The molecule has 29 heavy (non-hydrogen) atoms. The molecule has 0 bridgehead atoms. The topological polar surface area (TPSA) is 95.6 Å². The number of nitrogens with one attached hydrogen (secondary N) is 2. The van der Waals surface area contributed by atoms with Gasteiger partial charge in [-0.2, -0.15) is 0 Å². The van der Waals surface area contributed by atoms with Crippen LogP contribution >= 0.6 is 0 Å². The molecule has 4 amide bonds. The van der Waals surface area contributed by atoms with Crippen molar-refractivity contribution in [2.75, 3.05) is 5.32 Å². The number of hydrogen-bond acceptors (Lipinski definition) is 5. The van der Waals surface area contributed by atoms with Crippen LogP contribution in [0.5, 0.6) is 0 Å². The lowest BCUT2D eigenvalue weighted by Gasteiger charge is -2.28. The molecule has 148 valence electrons. The number of amides is 4. The fourth-order valence-electron chi connectivity index (χ4n) is 3.70. The van der Waals surface area contributed by atoms with Crippen LogP contribution in [-0.2, 0) is 9.59 Å². The van der Waals surface area contributed by atoms with Gasteiger partial charge in [0, 0.05) is 18.2 Å². The molecule has 2 N–H and O–H groups in total. The summed E-state index contributed by atoms with van der Waals surface area (Å²) in [6.07, 6.45) is 0.168. The Morgan fingerprint density at radius 3 is 2.48 bits per heavy atom. The van der Waals surface area contributed by atoms with E-state index in [1.54, 1.807) is 24.3 Å². The van der Waals surface area contributed by atoms with Gasteiger partial charge < -0.3 is 5.32 Å². The van der Waals surface area contributed by atoms with E-state index in [9.17, 15) is 23.6 Å². The van der Waals surface area contributed by atoms with E-state index < -0.39 is 29.7 Å². The number of halogens is 1. The van der Waals surface area contributed by atoms with E-state index in [1.165, 1.54) is 18.2 Å². The molecular formula is C21H18FN3O4. The van der Waals surface area contributed by atoms with Gasteiger partial charge in [-0.15, -0.1) is 0 Å². The lowest BCUT2D eigenvalue weighted by molar-refractivity contribution is -0.136. The smallest absolute Gasteiger partial charge is 0.264 e. The van der Waals surface area contributed by atoms with Gasteiger partial charge in [-0.3, -0.25) is 29.4 Å². The first-order valence-electron chi connectivity index (χ1n) is 9.23. The van der Waals surface area contributed by atoms with Crippen LogP contribution in [-0.4, -0.2) is 34.6 Å². The fourth-order valence-corrected chi connectivity index (χ4v) is 3.70. The van der Waals surface area contributed by atoms with Gasteiger partial charge in [0.15, 0.2) is 0 Å². The minimum absolute atomic E-state index is 0.0660. The number of hydrogen-bond donors (Lipinski definition) is 2. The van der Waals surface area contributed by atoms with Crippen LogP contribution in [0.2, 0.25) is 0 Å². The zero-order valence-electron chi connectivity index (χ0n) is 15.6. The first-order chi connectivity index (χ1) is 13.9. The van der Waals surface area contributed by atoms with Gasteiger partial charge >= 0.3 is 0 Å². The predicted molar refractivity (Wildman–Crippen MR) is 102 cm³/mol. The normalized spacial score (nSPS) is 19.8. The van der Waals surface area contributed by atoms with Gasteiger partial charge in [-0.1, -0.05) is 18.2 Å². The maximum absolute atomic E-state index is 13.2. The molecule has 0 radical (unpaired) electrons. The van der Waals surface area contributed by atoms with E-state index in [0.29, 0.717) is 5.69 Å². The van der Waals surface area contributed by atoms with E-state index in [-0.39, 0.29) is 35.8 Å². The van der Waals surface area contributed by atoms with E-state index in [2.05, 4.69) is 10.6 Å². The molecule has 0 spiro atoms. The summed E-state index contributed by atoms with van der Waals surface area (Å²) in [6.45, 7) is 1.85. The Labute approximate surface area is 165 Å². The van der Waals surface area contributed by atoms with Crippen molar-refractivity contribution in [2.24, 2.45) is 0 Å². The third kappa shape index (κ3) is 3.26. The molecule has 1 unspecified atom stereocenters. The average molecular weight is 395 g/mol. The lowest BCUT2D eigenvalue weighted by atomic mass is 10.0. The van der Waals surface area contributed by atoms with Crippen molar-refractivity contribution in [3.8, 4) is 0 Å². The van der Waals surface area contributed by atoms with Gasteiger partial charge in [0.05, 0.1) is 11.1 Å². The number of carbonyl (C=O) groups is 4. The van der Waals surface area contributed by atoms with Gasteiger partial charge in [0.25, 0.3) is 11.8 Å². The standard InChI is InChI=1S/C21H18FN3O4/c1-11(12-5-7-13(22)8-6-12)23-15-4-2-3-14-18(15)21(29)25(20(14)28)16-9-10-17(26)24-19(16)27/h2-8,11,16,23H,9-10H2,1H3,(H,24,26,27)/t11-,16?/m0/s1. The van der Waals surface area contributed by atoms with Crippen molar-refractivity contribution < 1.29 is 23.6 Å². The number of benzene rings is 2. The van der Waals surface area contributed by atoms with Gasteiger partial charge in [-0.05, 0) is 43.2 Å². The minimum Gasteiger partial charge on any atom is -0.378 e. The predicted octanol–water partition coefficient (Wildman–Crippen LogP) is 2.40. The third-order valence-corrected chi connectivity index (χ3v) is 5.21. The van der Waals surface area contributed by atoms with Crippen LogP contribution in [0.25, 0.3) is 0 Å². The Morgan fingerprint density at radius 2 is 1.79 bits per heavy atom. The van der Waals surface area contributed by atoms with Crippen LogP contribution in [0, 0.1) is 5.82 Å². The zero-order valence-corrected chi connectivity index (χ0v) is 15.6. The second-order valence-electron chi connectivity index (χ2n) is 7.09. The van der Waals surface area contributed by atoms with Crippen LogP contribution in [0.3, 0.4) is 0 Å². The molecule has 2 aliphatic rings. The summed E-state index contributed by atoms with van der Waals surface area (Å²) in [5, 5.41) is 5.37. The summed E-state index contributed by atoms with van der Waals surface area (Å²) < 4.78 is 13.2. The third-order valence-electron chi connectivity index (χ3n) is 5.21. The van der Waals surface area contributed by atoms with Crippen molar-refractivity contribution in [3.63, 3.8) is 0 Å². The largest absolute Gasteiger partial charge is 0.378 e. The van der Waals surface area contributed by atoms with E-state index >= 15 is 0 Å². The Kier molecular flexibility index (Phi) is 4.62. The highest BCUT2D eigenvalue weighted by molar-refractivity contribution is 6.25. The van der Waals surface area contributed by atoms with E-state index in [0.717, 1.165) is 10.5 Å². The molecular weight excluding hydrogens is 377 g/mol. The molecule has 2 aliphatic heterocycles. The van der Waals surface area contributed by atoms with Crippen molar-refractivity contribution in [1.29, 1.82) is 0 Å². The number of nitrogens with zero attached hydrogens (tertiary/aromatic N) is 1. The highest BCUT2D eigenvalue weighted by Gasteiger charge is 2.45. The second-order valence-corrected chi connectivity index (χ2v) is 7.09. The molecule has 8 heteroatoms. The summed E-state index contributed by atoms with van der Waals surface area (Å²) in [5.74, 6) is -2.54. The zero-order chi connectivity index (χ0) is 20.7. The van der Waals surface area contributed by atoms with E-state index in [1.807, 2.05) is 6.92 Å². The number of imide groups is 2. The number of carbonyl (C=O) groups excluding carboxylic acids is 4. The molecule has 0 saturated carbocycles. The van der Waals surface area contributed by atoms with Crippen LogP contribution in [0.15, 0.2) is 42.5 Å². The maximum atomic E-state index is 13.2. The number of rotatable bonds is 4. The maximum Gasteiger partial charge on any atom is 0.264 e. The molecule has 0 aliphatic carbocycles. The Bertz CT molecular complexity index is 1030. The Balaban J connectivity index is 1.63. The molecule has 7 nitrogen and oxygen atoms in total. The van der Waals surface area contributed by atoms with Crippen LogP contribution in [0.1, 0.15) is 52.1 Å². The summed E-state index contributed by atoms with van der Waals surface area (Å²) in [5.41, 5.74) is 1.66. The minimum atomic E-state index is -1.01. The van der Waals surface area contributed by atoms with Gasteiger partial charge in [0.2, 0.25) is 11.8 Å². The molecule has 4 rings (SSSR count). The monoisotopic (exact) mass is 395 g/mol. The first-order valence-corrected chi connectivity index (χ1v) is 9.23. The lowest BCUT2D eigenvalue weighted by Crippen LogP contribution is -2.54. The summed E-state index contributed by atoms with van der Waals surface area (Å²) in [7, 11) is 0. The van der Waals surface area contributed by atoms with E-state index in [4.69, 9.17) is 0 Å². The summed E-state index contributed by atoms with van der Waals surface area (Å²) in [4.78, 5) is 50.4. The molecule has 2 aromatic carbocycles. The highest BCUT2D eigenvalue weighted by Crippen LogP contribution is 2.34. The van der Waals surface area contributed by atoms with Gasteiger partial charge in [0.1, 0.15) is 11.9 Å². The van der Waals surface area contributed by atoms with Crippen molar-refractivity contribution in [1.82, 2.24) is 10.2 Å².